The number of aliphatic hydroxyl groups is 2. The second-order valence-corrected chi connectivity index (χ2v) is 9.45. The number of benzene rings is 1. The van der Waals surface area contributed by atoms with E-state index in [1.165, 1.54) is 17.0 Å². The van der Waals surface area contributed by atoms with Crippen LogP contribution in [0.2, 0.25) is 0 Å². The molecule has 0 bridgehead atoms. The smallest absolute Gasteiger partial charge is 0.249 e. The number of nitrogens with one attached hydrogen (secondary N) is 1. The minimum atomic E-state index is -1.39. The van der Waals surface area contributed by atoms with Gasteiger partial charge in [-0.25, -0.2) is 0 Å². The summed E-state index contributed by atoms with van der Waals surface area (Å²) in [6, 6.07) is 4.15. The molecule has 1 aliphatic carbocycles. The van der Waals surface area contributed by atoms with E-state index in [1.807, 2.05) is 13.8 Å². The molecular formula is C24H35N3O6. The molecule has 3 rings (SSSR count). The number of carbonyl (C=O) groups is 3. The lowest BCUT2D eigenvalue weighted by atomic mass is 9.83. The van der Waals surface area contributed by atoms with Crippen LogP contribution >= 0.6 is 0 Å². The molecular weight excluding hydrogens is 426 g/mol. The lowest BCUT2D eigenvalue weighted by Gasteiger charge is -2.38. The summed E-state index contributed by atoms with van der Waals surface area (Å²) in [6.45, 7) is 3.73. The number of amides is 3. The molecule has 1 aliphatic heterocycles. The number of phenolic OH excluding ortho intramolecular Hbond substituents is 1. The number of hydrogen-bond donors (Lipinski definition) is 5. The molecule has 3 amide bonds. The quantitative estimate of drug-likeness (QED) is 0.379. The Morgan fingerprint density at radius 3 is 2.45 bits per heavy atom. The maximum absolute atomic E-state index is 13.7. The highest BCUT2D eigenvalue weighted by atomic mass is 16.3. The summed E-state index contributed by atoms with van der Waals surface area (Å²) >= 11 is 0. The van der Waals surface area contributed by atoms with Gasteiger partial charge in [-0.2, -0.15) is 0 Å². The number of phenols is 1. The van der Waals surface area contributed by atoms with Crippen LogP contribution in [0.5, 0.6) is 5.75 Å². The molecule has 1 saturated carbocycles. The summed E-state index contributed by atoms with van der Waals surface area (Å²) in [5, 5.41) is 32.7. The van der Waals surface area contributed by atoms with E-state index in [4.69, 9.17) is 5.73 Å². The fourth-order valence-corrected chi connectivity index (χ4v) is 5.05. The van der Waals surface area contributed by atoms with Gasteiger partial charge in [0.05, 0.1) is 6.10 Å². The first kappa shape index (κ1) is 25.0. The van der Waals surface area contributed by atoms with Gasteiger partial charge in [-0.05, 0) is 55.2 Å². The van der Waals surface area contributed by atoms with Gasteiger partial charge in [-0.15, -0.1) is 0 Å². The van der Waals surface area contributed by atoms with Gasteiger partial charge in [-0.1, -0.05) is 32.4 Å². The van der Waals surface area contributed by atoms with Crippen molar-refractivity contribution < 1.29 is 29.7 Å². The van der Waals surface area contributed by atoms with Crippen LogP contribution in [0, 0.1) is 11.8 Å². The Morgan fingerprint density at radius 2 is 1.85 bits per heavy atom. The third-order valence-corrected chi connectivity index (χ3v) is 7.18. The third kappa shape index (κ3) is 5.65. The van der Waals surface area contributed by atoms with Gasteiger partial charge in [0.15, 0.2) is 0 Å². The second-order valence-electron chi connectivity index (χ2n) is 9.45. The molecule has 0 spiro atoms. The lowest BCUT2D eigenvalue weighted by molar-refractivity contribution is -0.146. The maximum Gasteiger partial charge on any atom is 0.249 e. The standard InChI is InChI=1S/C24H35N3O6/c1-3-13(2)21(26-23(32)20(30)10-14-4-7-16(28)8-5-14)24(33)27-18-12-17(29)9-6-15(18)11-19(27)22(25)31/h4-5,7-8,13,15,17-21,28-30H,3,6,9-12H2,1-2H3,(H2,25,31)(H,26,32)/t13-,15+,17-,18+,19+,20-,21+/m1/s1. The van der Waals surface area contributed by atoms with E-state index in [0.717, 1.165) is 0 Å². The first-order valence-corrected chi connectivity index (χ1v) is 11.7. The first-order valence-electron chi connectivity index (χ1n) is 11.7. The number of rotatable bonds is 8. The Bertz CT molecular complexity index is 860. The van der Waals surface area contributed by atoms with Crippen molar-refractivity contribution in [3.05, 3.63) is 29.8 Å². The molecule has 1 aromatic rings. The monoisotopic (exact) mass is 461 g/mol. The molecule has 0 aromatic heterocycles. The molecule has 2 aliphatic rings. The minimum absolute atomic E-state index is 0.0258. The van der Waals surface area contributed by atoms with Crippen LogP contribution < -0.4 is 11.1 Å². The molecule has 33 heavy (non-hydrogen) atoms. The highest BCUT2D eigenvalue weighted by Gasteiger charge is 2.50. The molecule has 6 N–H and O–H groups in total. The summed E-state index contributed by atoms with van der Waals surface area (Å²) in [7, 11) is 0. The van der Waals surface area contributed by atoms with E-state index in [-0.39, 0.29) is 30.0 Å². The summed E-state index contributed by atoms with van der Waals surface area (Å²) < 4.78 is 0. The Kier molecular flexibility index (Phi) is 7.97. The fourth-order valence-electron chi connectivity index (χ4n) is 5.05. The number of primary amides is 1. The summed E-state index contributed by atoms with van der Waals surface area (Å²) in [4.78, 5) is 40.2. The number of likely N-dealkylation sites (tertiary alicyclic amines) is 1. The van der Waals surface area contributed by atoms with Crippen molar-refractivity contribution in [2.45, 2.75) is 82.7 Å². The van der Waals surface area contributed by atoms with Crippen molar-refractivity contribution in [1.82, 2.24) is 10.2 Å². The lowest BCUT2D eigenvalue weighted by Crippen LogP contribution is -2.59. The molecule has 2 fully saturated rings. The van der Waals surface area contributed by atoms with Gasteiger partial charge in [-0.3, -0.25) is 14.4 Å². The zero-order valence-corrected chi connectivity index (χ0v) is 19.2. The highest BCUT2D eigenvalue weighted by molar-refractivity contribution is 5.93. The largest absolute Gasteiger partial charge is 0.508 e. The van der Waals surface area contributed by atoms with Gasteiger partial charge < -0.3 is 31.3 Å². The molecule has 0 unspecified atom stereocenters. The second kappa shape index (κ2) is 10.5. The third-order valence-electron chi connectivity index (χ3n) is 7.18. The molecule has 1 heterocycles. The predicted octanol–water partition coefficient (Wildman–Crippen LogP) is 0.442. The van der Waals surface area contributed by atoms with Crippen molar-refractivity contribution >= 4 is 17.7 Å². The topological polar surface area (TPSA) is 153 Å². The molecule has 0 radical (unpaired) electrons. The normalized spacial score (nSPS) is 27.3. The van der Waals surface area contributed by atoms with Crippen LogP contribution in [0.1, 0.15) is 51.5 Å². The molecule has 1 saturated heterocycles. The van der Waals surface area contributed by atoms with Crippen LogP contribution in [0.15, 0.2) is 24.3 Å². The van der Waals surface area contributed by atoms with Gasteiger partial charge in [0.1, 0.15) is 23.9 Å². The van der Waals surface area contributed by atoms with Crippen LogP contribution in [0.3, 0.4) is 0 Å². The van der Waals surface area contributed by atoms with E-state index < -0.39 is 42.0 Å². The Labute approximate surface area is 194 Å². The summed E-state index contributed by atoms with van der Waals surface area (Å²) in [5.74, 6) is -1.75. The number of nitrogens with two attached hydrogens (primary N) is 1. The molecule has 9 nitrogen and oxygen atoms in total. The summed E-state index contributed by atoms with van der Waals surface area (Å²) in [6.07, 6.45) is 0.873. The van der Waals surface area contributed by atoms with Crippen molar-refractivity contribution in [1.29, 1.82) is 0 Å². The van der Waals surface area contributed by atoms with E-state index in [0.29, 0.717) is 37.7 Å². The summed E-state index contributed by atoms with van der Waals surface area (Å²) in [5.41, 5.74) is 6.29. The molecule has 1 aromatic carbocycles. The molecule has 182 valence electrons. The van der Waals surface area contributed by atoms with Crippen molar-refractivity contribution in [2.24, 2.45) is 17.6 Å². The van der Waals surface area contributed by atoms with E-state index in [1.54, 1.807) is 12.1 Å². The number of fused-ring (bicyclic) bond motifs is 1. The number of aliphatic hydroxyl groups excluding tert-OH is 2. The van der Waals surface area contributed by atoms with Crippen LogP contribution in [0.4, 0.5) is 0 Å². The Hall–Kier alpha value is -2.65. The van der Waals surface area contributed by atoms with Gasteiger partial charge >= 0.3 is 0 Å². The van der Waals surface area contributed by atoms with Crippen LogP contribution in [0.25, 0.3) is 0 Å². The number of hydrogen-bond acceptors (Lipinski definition) is 6. The van der Waals surface area contributed by atoms with Crippen molar-refractivity contribution in [3.63, 3.8) is 0 Å². The van der Waals surface area contributed by atoms with Crippen LogP contribution in [-0.4, -0.2) is 68.3 Å². The zero-order valence-electron chi connectivity index (χ0n) is 19.2. The van der Waals surface area contributed by atoms with Crippen molar-refractivity contribution in [2.75, 3.05) is 0 Å². The average molecular weight is 462 g/mol. The molecule has 9 heteroatoms. The number of aromatic hydroxyl groups is 1. The SMILES string of the molecule is CC[C@@H](C)[C@H](NC(=O)[C@H](O)Cc1ccc(O)cc1)C(=O)N1[C@H](C(N)=O)C[C@@H]2CC[C@@H](O)C[C@@H]21. The van der Waals surface area contributed by atoms with E-state index >= 15 is 0 Å². The predicted molar refractivity (Wildman–Crippen MR) is 121 cm³/mol. The van der Waals surface area contributed by atoms with E-state index in [9.17, 15) is 29.7 Å². The Morgan fingerprint density at radius 1 is 1.18 bits per heavy atom. The Balaban J connectivity index is 1.77. The maximum atomic E-state index is 13.7. The first-order chi connectivity index (χ1) is 15.6. The fraction of sp³-hybridized carbons (Fsp3) is 0.625. The van der Waals surface area contributed by atoms with Crippen molar-refractivity contribution in [3.8, 4) is 5.75 Å². The van der Waals surface area contributed by atoms with Gasteiger partial charge in [0.2, 0.25) is 17.7 Å². The zero-order chi connectivity index (χ0) is 24.3. The van der Waals surface area contributed by atoms with Crippen LogP contribution in [-0.2, 0) is 20.8 Å². The molecule has 7 atom stereocenters. The van der Waals surface area contributed by atoms with Gasteiger partial charge in [0, 0.05) is 12.5 Å². The highest BCUT2D eigenvalue weighted by Crippen LogP contribution is 2.40. The minimum Gasteiger partial charge on any atom is -0.508 e. The van der Waals surface area contributed by atoms with E-state index in [2.05, 4.69) is 5.32 Å². The van der Waals surface area contributed by atoms with Gasteiger partial charge in [0.25, 0.3) is 0 Å². The average Bonchev–Trinajstić information content (AvgIpc) is 3.16. The number of nitrogens with zero attached hydrogens (tertiary/aromatic N) is 1. The number of carbonyl (C=O) groups excluding carboxylic acids is 3.